The monoisotopic (exact) mass is 300 g/mol. The lowest BCUT2D eigenvalue weighted by molar-refractivity contribution is -0.137. The molecule has 0 aliphatic carbocycles. The molecule has 0 aromatic rings. The predicted octanol–water partition coefficient (Wildman–Crippen LogP) is 3.87. The Morgan fingerprint density at radius 1 is 1.08 bits per heavy atom. The summed E-state index contributed by atoms with van der Waals surface area (Å²) >= 11 is 2.15. The zero-order valence-electron chi connectivity index (χ0n) is 8.68. The van der Waals surface area contributed by atoms with E-state index in [4.69, 9.17) is 5.11 Å². The molecule has 0 aliphatic rings. The first-order valence-corrected chi connectivity index (χ1v) is 7.02. The standard InChI is InChI=1S/C9H18O2.CH3I/c1-2-3-4-5-6-7-8-9(10)11;1-2/h2-8H2,1H3,(H,10,11);1H3. The van der Waals surface area contributed by atoms with Crippen LogP contribution in [0, 0.1) is 0 Å². The van der Waals surface area contributed by atoms with Crippen molar-refractivity contribution in [1.82, 2.24) is 0 Å². The average molecular weight is 300 g/mol. The number of hydrogen-bond donors (Lipinski definition) is 1. The van der Waals surface area contributed by atoms with Crippen LogP contribution < -0.4 is 0 Å². The number of rotatable bonds is 7. The van der Waals surface area contributed by atoms with Gasteiger partial charge in [0.05, 0.1) is 0 Å². The highest BCUT2D eigenvalue weighted by molar-refractivity contribution is 14.1. The second-order valence-electron chi connectivity index (χ2n) is 2.91. The third kappa shape index (κ3) is 18.9. The summed E-state index contributed by atoms with van der Waals surface area (Å²) in [5.74, 6) is -0.666. The molecule has 0 aromatic carbocycles. The maximum atomic E-state index is 10.1. The predicted molar refractivity (Wildman–Crippen MR) is 65.6 cm³/mol. The molecule has 2 nitrogen and oxygen atoms in total. The Morgan fingerprint density at radius 2 is 1.54 bits per heavy atom. The molecule has 0 aliphatic heterocycles. The molecule has 0 spiro atoms. The van der Waals surface area contributed by atoms with Crippen LogP contribution in [-0.2, 0) is 4.79 Å². The fourth-order valence-electron chi connectivity index (χ4n) is 1.06. The third-order valence-corrected chi connectivity index (χ3v) is 1.74. The van der Waals surface area contributed by atoms with Gasteiger partial charge >= 0.3 is 5.97 Å². The maximum Gasteiger partial charge on any atom is 0.303 e. The lowest BCUT2D eigenvalue weighted by Gasteiger charge is -1.97. The molecular formula is C10H21IO2. The zero-order chi connectivity index (χ0) is 10.5. The SMILES string of the molecule is CCCCCCCCC(=O)O.CI. The summed E-state index contributed by atoms with van der Waals surface area (Å²) in [5, 5.41) is 8.32. The molecule has 0 atom stereocenters. The number of hydrogen-bond acceptors (Lipinski definition) is 1. The van der Waals surface area contributed by atoms with Crippen molar-refractivity contribution in [2.45, 2.75) is 51.9 Å². The van der Waals surface area contributed by atoms with E-state index < -0.39 is 5.97 Å². The molecular weight excluding hydrogens is 279 g/mol. The van der Waals surface area contributed by atoms with E-state index >= 15 is 0 Å². The zero-order valence-corrected chi connectivity index (χ0v) is 10.8. The van der Waals surface area contributed by atoms with Crippen LogP contribution in [0.3, 0.4) is 0 Å². The quantitative estimate of drug-likeness (QED) is 0.440. The summed E-state index contributed by atoms with van der Waals surface area (Å²) in [6.45, 7) is 2.18. The summed E-state index contributed by atoms with van der Waals surface area (Å²) in [6.07, 6.45) is 7.25. The van der Waals surface area contributed by atoms with Crippen LogP contribution in [0.15, 0.2) is 0 Å². The molecule has 0 aromatic heterocycles. The summed E-state index contributed by atoms with van der Waals surface area (Å²) in [5.41, 5.74) is 0. The average Bonchev–Trinajstić information content (AvgIpc) is 2.14. The molecule has 0 heterocycles. The Bertz CT molecular complexity index is 105. The van der Waals surface area contributed by atoms with Crippen LogP contribution in [0.4, 0.5) is 0 Å². The highest BCUT2D eigenvalue weighted by atomic mass is 127. The molecule has 0 fully saturated rings. The van der Waals surface area contributed by atoms with Gasteiger partial charge in [0.25, 0.3) is 0 Å². The Morgan fingerprint density at radius 3 is 2.00 bits per heavy atom. The van der Waals surface area contributed by atoms with Gasteiger partial charge in [0.1, 0.15) is 0 Å². The highest BCUT2D eigenvalue weighted by Gasteiger charge is 1.95. The topological polar surface area (TPSA) is 37.3 Å². The number of halogens is 1. The number of carboxylic acid groups (broad SMARTS) is 1. The van der Waals surface area contributed by atoms with Crippen LogP contribution in [0.1, 0.15) is 51.9 Å². The fourth-order valence-corrected chi connectivity index (χ4v) is 1.06. The van der Waals surface area contributed by atoms with Gasteiger partial charge in [-0.25, -0.2) is 0 Å². The van der Waals surface area contributed by atoms with Crippen LogP contribution in [0.2, 0.25) is 0 Å². The third-order valence-electron chi connectivity index (χ3n) is 1.74. The van der Waals surface area contributed by atoms with E-state index in [1.54, 1.807) is 0 Å². The minimum Gasteiger partial charge on any atom is -0.481 e. The fraction of sp³-hybridized carbons (Fsp3) is 0.900. The first-order chi connectivity index (χ1) is 6.27. The summed E-state index contributed by atoms with van der Waals surface area (Å²) < 4.78 is 0. The summed E-state index contributed by atoms with van der Waals surface area (Å²) in [6, 6.07) is 0. The van der Waals surface area contributed by atoms with E-state index in [-0.39, 0.29) is 0 Å². The van der Waals surface area contributed by atoms with Crippen LogP contribution in [0.25, 0.3) is 0 Å². The second-order valence-corrected chi connectivity index (χ2v) is 2.91. The number of alkyl halides is 1. The summed E-state index contributed by atoms with van der Waals surface area (Å²) in [4.78, 5) is 12.1. The number of carbonyl (C=O) groups is 1. The van der Waals surface area contributed by atoms with Gasteiger partial charge in [-0.05, 0) is 11.4 Å². The number of carboxylic acids is 1. The maximum absolute atomic E-state index is 10.1. The second kappa shape index (κ2) is 14.7. The van der Waals surface area contributed by atoms with Gasteiger partial charge in [-0.2, -0.15) is 0 Å². The molecule has 1 N–H and O–H groups in total. The lowest BCUT2D eigenvalue weighted by Crippen LogP contribution is -1.93. The smallest absolute Gasteiger partial charge is 0.303 e. The van der Waals surface area contributed by atoms with Gasteiger partial charge < -0.3 is 5.11 Å². The van der Waals surface area contributed by atoms with E-state index in [9.17, 15) is 4.79 Å². The van der Waals surface area contributed by atoms with Crippen molar-refractivity contribution in [3.05, 3.63) is 0 Å². The van der Waals surface area contributed by atoms with Crippen LogP contribution >= 0.6 is 22.6 Å². The van der Waals surface area contributed by atoms with Crippen LogP contribution in [-0.4, -0.2) is 16.0 Å². The molecule has 0 saturated carbocycles. The first kappa shape index (κ1) is 15.7. The van der Waals surface area contributed by atoms with Crippen LogP contribution in [0.5, 0.6) is 0 Å². The normalized spacial score (nSPS) is 8.85. The molecule has 0 rings (SSSR count). The minimum absolute atomic E-state index is 0.339. The summed E-state index contributed by atoms with van der Waals surface area (Å²) in [7, 11) is 0. The Hall–Kier alpha value is 0.200. The Balaban J connectivity index is 0. The highest BCUT2D eigenvalue weighted by Crippen LogP contribution is 2.06. The molecule has 0 saturated heterocycles. The van der Waals surface area contributed by atoms with Gasteiger partial charge in [0, 0.05) is 6.42 Å². The van der Waals surface area contributed by atoms with Gasteiger partial charge in [-0.1, -0.05) is 61.6 Å². The van der Waals surface area contributed by atoms with Gasteiger partial charge in [0.15, 0.2) is 0 Å². The molecule has 13 heavy (non-hydrogen) atoms. The van der Waals surface area contributed by atoms with E-state index in [0.717, 1.165) is 12.8 Å². The Labute approximate surface area is 95.2 Å². The van der Waals surface area contributed by atoms with Crippen molar-refractivity contribution in [2.75, 3.05) is 4.93 Å². The Kier molecular flexibility index (Phi) is 17.7. The van der Waals surface area contributed by atoms with Crippen molar-refractivity contribution in [2.24, 2.45) is 0 Å². The van der Waals surface area contributed by atoms with Gasteiger partial charge in [0.2, 0.25) is 0 Å². The molecule has 80 valence electrons. The molecule has 0 amide bonds. The van der Waals surface area contributed by atoms with Crippen molar-refractivity contribution in [1.29, 1.82) is 0 Å². The van der Waals surface area contributed by atoms with Crippen molar-refractivity contribution < 1.29 is 9.90 Å². The van der Waals surface area contributed by atoms with E-state index in [0.29, 0.717) is 6.42 Å². The molecule has 0 bridgehead atoms. The van der Waals surface area contributed by atoms with Gasteiger partial charge in [-0.3, -0.25) is 4.79 Å². The van der Waals surface area contributed by atoms with E-state index in [1.165, 1.54) is 25.7 Å². The van der Waals surface area contributed by atoms with E-state index in [2.05, 4.69) is 29.5 Å². The molecule has 0 unspecified atom stereocenters. The molecule has 0 radical (unpaired) electrons. The lowest BCUT2D eigenvalue weighted by atomic mass is 10.1. The van der Waals surface area contributed by atoms with Gasteiger partial charge in [-0.15, -0.1) is 0 Å². The molecule has 3 heteroatoms. The van der Waals surface area contributed by atoms with Crippen molar-refractivity contribution >= 4 is 28.6 Å². The minimum atomic E-state index is -0.666. The van der Waals surface area contributed by atoms with Crippen molar-refractivity contribution in [3.63, 3.8) is 0 Å². The van der Waals surface area contributed by atoms with E-state index in [1.807, 2.05) is 4.93 Å². The number of unbranched alkanes of at least 4 members (excludes halogenated alkanes) is 5. The first-order valence-electron chi connectivity index (χ1n) is 4.87. The van der Waals surface area contributed by atoms with Crippen molar-refractivity contribution in [3.8, 4) is 0 Å². The number of aliphatic carboxylic acids is 1. The largest absolute Gasteiger partial charge is 0.481 e.